The molecule has 7 heteroatoms. The highest BCUT2D eigenvalue weighted by atomic mass is 15.3. The van der Waals surface area contributed by atoms with Crippen molar-refractivity contribution in [2.45, 2.75) is 19.4 Å². The first kappa shape index (κ1) is 16.0. The van der Waals surface area contributed by atoms with Crippen molar-refractivity contribution in [3.8, 4) is 11.4 Å². The fourth-order valence-corrected chi connectivity index (χ4v) is 3.54. The minimum absolute atomic E-state index is 0.385. The van der Waals surface area contributed by atoms with E-state index in [9.17, 15) is 0 Å². The van der Waals surface area contributed by atoms with Gasteiger partial charge < -0.3 is 9.80 Å². The number of rotatable bonds is 2. The molecule has 1 atom stereocenters. The average Bonchev–Trinajstić information content (AvgIpc) is 2.90. The zero-order valence-electron chi connectivity index (χ0n) is 14.9. The molecule has 0 spiro atoms. The van der Waals surface area contributed by atoms with Crippen molar-refractivity contribution in [2.75, 3.05) is 31.6 Å². The molecular formula is C18H23N7. The minimum atomic E-state index is 0.385. The lowest BCUT2D eigenvalue weighted by Gasteiger charge is -2.29. The molecule has 130 valence electrons. The molecule has 0 bridgehead atoms. The van der Waals surface area contributed by atoms with Crippen LogP contribution >= 0.6 is 0 Å². The van der Waals surface area contributed by atoms with E-state index in [0.717, 1.165) is 54.3 Å². The van der Waals surface area contributed by atoms with Crippen LogP contribution in [0, 0.1) is 0 Å². The van der Waals surface area contributed by atoms with Gasteiger partial charge in [-0.1, -0.05) is 0 Å². The molecule has 0 aliphatic carbocycles. The second-order valence-corrected chi connectivity index (χ2v) is 6.77. The van der Waals surface area contributed by atoms with Crippen LogP contribution in [0.15, 0.2) is 30.7 Å². The Bertz CT molecular complexity index is 874. The summed E-state index contributed by atoms with van der Waals surface area (Å²) in [4.78, 5) is 18.6. The molecule has 25 heavy (non-hydrogen) atoms. The fourth-order valence-electron chi connectivity index (χ4n) is 3.54. The standard InChI is InChI=1S/C18H23N7/c1-13-12-23(2)9-4-10-25(13)18-15-11-20-24(3)17(15)21-16(22-18)14-5-7-19-8-6-14/h5-8,11,13H,4,9-10,12H2,1-3H3/t13-/m1/s1. The summed E-state index contributed by atoms with van der Waals surface area (Å²) in [6.45, 7) is 5.39. The lowest BCUT2D eigenvalue weighted by Crippen LogP contribution is -2.38. The van der Waals surface area contributed by atoms with E-state index < -0.39 is 0 Å². The highest BCUT2D eigenvalue weighted by Gasteiger charge is 2.24. The Hall–Kier alpha value is -2.54. The number of fused-ring (bicyclic) bond motifs is 1. The molecular weight excluding hydrogens is 314 g/mol. The molecule has 4 rings (SSSR count). The maximum Gasteiger partial charge on any atom is 0.164 e. The highest BCUT2D eigenvalue weighted by Crippen LogP contribution is 2.29. The summed E-state index contributed by atoms with van der Waals surface area (Å²) < 4.78 is 1.82. The fraction of sp³-hybridized carbons (Fsp3) is 0.444. The van der Waals surface area contributed by atoms with E-state index in [1.54, 1.807) is 12.4 Å². The van der Waals surface area contributed by atoms with Crippen molar-refractivity contribution in [1.82, 2.24) is 29.6 Å². The van der Waals surface area contributed by atoms with E-state index in [0.29, 0.717) is 6.04 Å². The Morgan fingerprint density at radius 3 is 2.68 bits per heavy atom. The number of aryl methyl sites for hydroxylation is 1. The predicted octanol–water partition coefficient (Wildman–Crippen LogP) is 1.96. The van der Waals surface area contributed by atoms with Crippen LogP contribution in [-0.4, -0.2) is 62.4 Å². The van der Waals surface area contributed by atoms with Gasteiger partial charge in [0.1, 0.15) is 5.82 Å². The van der Waals surface area contributed by atoms with Gasteiger partial charge in [0.05, 0.1) is 11.6 Å². The summed E-state index contributed by atoms with van der Waals surface area (Å²) in [7, 11) is 4.11. The van der Waals surface area contributed by atoms with Crippen LogP contribution in [0.5, 0.6) is 0 Å². The largest absolute Gasteiger partial charge is 0.352 e. The summed E-state index contributed by atoms with van der Waals surface area (Å²) >= 11 is 0. The van der Waals surface area contributed by atoms with E-state index in [-0.39, 0.29) is 0 Å². The first-order chi connectivity index (χ1) is 12.1. The zero-order chi connectivity index (χ0) is 17.4. The topological polar surface area (TPSA) is 63.0 Å². The van der Waals surface area contributed by atoms with E-state index in [1.807, 2.05) is 30.1 Å². The van der Waals surface area contributed by atoms with Crippen molar-refractivity contribution in [1.29, 1.82) is 0 Å². The summed E-state index contributed by atoms with van der Waals surface area (Å²) in [5.74, 6) is 1.70. The molecule has 0 radical (unpaired) electrons. The molecule has 1 fully saturated rings. The predicted molar refractivity (Wildman–Crippen MR) is 98.5 cm³/mol. The Morgan fingerprint density at radius 2 is 1.88 bits per heavy atom. The SMILES string of the molecule is C[C@@H]1CN(C)CCCN1c1nc(-c2ccncc2)nc2c1cnn2C. The summed E-state index contributed by atoms with van der Waals surface area (Å²) in [5, 5.41) is 5.43. The third-order valence-electron chi connectivity index (χ3n) is 4.83. The molecule has 1 saturated heterocycles. The number of nitrogens with zero attached hydrogens (tertiary/aromatic N) is 7. The second kappa shape index (κ2) is 6.40. The van der Waals surface area contributed by atoms with E-state index in [1.165, 1.54) is 0 Å². The maximum absolute atomic E-state index is 4.94. The van der Waals surface area contributed by atoms with Crippen LogP contribution in [0.2, 0.25) is 0 Å². The summed E-state index contributed by atoms with van der Waals surface area (Å²) in [6, 6.07) is 4.28. The number of pyridine rings is 1. The minimum Gasteiger partial charge on any atom is -0.352 e. The first-order valence-corrected chi connectivity index (χ1v) is 8.69. The number of likely N-dealkylation sites (N-methyl/N-ethyl adjacent to an activating group) is 1. The molecule has 0 amide bonds. The van der Waals surface area contributed by atoms with Gasteiger partial charge in [0.15, 0.2) is 11.5 Å². The van der Waals surface area contributed by atoms with Gasteiger partial charge in [0, 0.05) is 44.1 Å². The van der Waals surface area contributed by atoms with Gasteiger partial charge in [-0.15, -0.1) is 0 Å². The molecule has 1 aliphatic heterocycles. The molecule has 3 aromatic heterocycles. The summed E-state index contributed by atoms with van der Waals surface area (Å²) in [6.07, 6.45) is 6.55. The van der Waals surface area contributed by atoms with Crippen LogP contribution < -0.4 is 4.90 Å². The molecule has 1 aliphatic rings. The second-order valence-electron chi connectivity index (χ2n) is 6.77. The van der Waals surface area contributed by atoms with Crippen LogP contribution in [0.25, 0.3) is 22.4 Å². The number of anilines is 1. The Kier molecular flexibility index (Phi) is 4.09. The van der Waals surface area contributed by atoms with E-state index in [4.69, 9.17) is 9.97 Å². The van der Waals surface area contributed by atoms with Gasteiger partial charge in [0.25, 0.3) is 0 Å². The van der Waals surface area contributed by atoms with Gasteiger partial charge in [-0.2, -0.15) is 5.10 Å². The quantitative estimate of drug-likeness (QED) is 0.712. The van der Waals surface area contributed by atoms with Crippen LogP contribution in [0.1, 0.15) is 13.3 Å². The molecule has 4 heterocycles. The maximum atomic E-state index is 4.94. The van der Waals surface area contributed by atoms with Gasteiger partial charge in [-0.25, -0.2) is 9.97 Å². The highest BCUT2D eigenvalue weighted by molar-refractivity contribution is 5.88. The third kappa shape index (κ3) is 2.95. The number of hydrogen-bond acceptors (Lipinski definition) is 6. The van der Waals surface area contributed by atoms with Gasteiger partial charge in [0.2, 0.25) is 0 Å². The van der Waals surface area contributed by atoms with E-state index >= 15 is 0 Å². The lowest BCUT2D eigenvalue weighted by molar-refractivity contribution is 0.337. The zero-order valence-corrected chi connectivity index (χ0v) is 14.9. The number of aromatic nitrogens is 5. The molecule has 0 unspecified atom stereocenters. The molecule has 7 nitrogen and oxygen atoms in total. The van der Waals surface area contributed by atoms with Gasteiger partial charge >= 0.3 is 0 Å². The van der Waals surface area contributed by atoms with Crippen molar-refractivity contribution in [2.24, 2.45) is 7.05 Å². The lowest BCUT2D eigenvalue weighted by atomic mass is 10.2. The smallest absolute Gasteiger partial charge is 0.164 e. The summed E-state index contributed by atoms with van der Waals surface area (Å²) in [5.41, 5.74) is 1.83. The van der Waals surface area contributed by atoms with Gasteiger partial charge in [-0.05, 0) is 39.1 Å². The van der Waals surface area contributed by atoms with Crippen molar-refractivity contribution >= 4 is 16.9 Å². The van der Waals surface area contributed by atoms with Crippen molar-refractivity contribution in [3.05, 3.63) is 30.7 Å². The molecule has 0 saturated carbocycles. The Morgan fingerprint density at radius 1 is 1.08 bits per heavy atom. The Labute approximate surface area is 147 Å². The number of hydrogen-bond donors (Lipinski definition) is 0. The molecule has 0 aromatic carbocycles. The molecule has 3 aromatic rings. The van der Waals surface area contributed by atoms with Crippen molar-refractivity contribution < 1.29 is 0 Å². The normalized spacial score (nSPS) is 19.3. The van der Waals surface area contributed by atoms with E-state index in [2.05, 4.69) is 33.9 Å². The van der Waals surface area contributed by atoms with Crippen molar-refractivity contribution in [3.63, 3.8) is 0 Å². The third-order valence-corrected chi connectivity index (χ3v) is 4.83. The Balaban J connectivity index is 1.87. The monoisotopic (exact) mass is 337 g/mol. The molecule has 0 N–H and O–H groups in total. The average molecular weight is 337 g/mol. The van der Waals surface area contributed by atoms with Gasteiger partial charge in [-0.3, -0.25) is 9.67 Å². The van der Waals surface area contributed by atoms with Crippen LogP contribution in [0.3, 0.4) is 0 Å². The van der Waals surface area contributed by atoms with Crippen LogP contribution in [0.4, 0.5) is 5.82 Å². The van der Waals surface area contributed by atoms with Crippen LogP contribution in [-0.2, 0) is 7.05 Å². The first-order valence-electron chi connectivity index (χ1n) is 8.69.